The molecule has 0 radical (unpaired) electrons. The van der Waals surface area contributed by atoms with E-state index in [1.807, 2.05) is 0 Å². The second-order valence-corrected chi connectivity index (χ2v) is 3.25. The fraction of sp³-hybridized carbons (Fsp3) is 0. The number of halogens is 2. The number of fused-ring (bicyclic) bond motifs is 1. The maximum Gasteiger partial charge on any atom is 0.151 e. The van der Waals surface area contributed by atoms with Crippen LogP contribution in [0.2, 0.25) is 5.02 Å². The zero-order chi connectivity index (χ0) is 10.1. The Labute approximate surface area is 84.3 Å². The van der Waals surface area contributed by atoms with E-state index in [0.717, 1.165) is 0 Å². The highest BCUT2D eigenvalue weighted by Gasteiger charge is 2.04. The Kier molecular flexibility index (Phi) is 2.17. The maximum absolute atomic E-state index is 12.9. The predicted molar refractivity (Wildman–Crippen MR) is 52.1 cm³/mol. The molecule has 0 N–H and O–H groups in total. The van der Waals surface area contributed by atoms with Gasteiger partial charge in [-0.05, 0) is 18.2 Å². The highest BCUT2D eigenvalue weighted by atomic mass is 35.5. The lowest BCUT2D eigenvalue weighted by Crippen LogP contribution is -1.86. The standard InChI is InChI=1S/C10H5ClFNO/c11-9-3-8(12)2-7-1-6(5-14)4-13-10(7)9/h1-5H. The monoisotopic (exact) mass is 209 g/mol. The van der Waals surface area contributed by atoms with Crippen LogP contribution >= 0.6 is 11.6 Å². The lowest BCUT2D eigenvalue weighted by Gasteiger charge is -2.00. The summed E-state index contributed by atoms with van der Waals surface area (Å²) in [5.41, 5.74) is 0.901. The number of nitrogens with zero attached hydrogens (tertiary/aromatic N) is 1. The molecule has 0 aliphatic carbocycles. The molecule has 1 aromatic carbocycles. The van der Waals surface area contributed by atoms with Gasteiger partial charge in [-0.1, -0.05) is 11.6 Å². The first kappa shape index (κ1) is 9.09. The average Bonchev–Trinajstić information content (AvgIpc) is 2.16. The summed E-state index contributed by atoms with van der Waals surface area (Å²) in [5, 5.41) is 0.775. The number of aldehydes is 1. The first-order chi connectivity index (χ1) is 6.70. The van der Waals surface area contributed by atoms with Crippen LogP contribution in [-0.2, 0) is 0 Å². The van der Waals surface area contributed by atoms with Crippen molar-refractivity contribution in [2.45, 2.75) is 0 Å². The SMILES string of the molecule is O=Cc1cnc2c(Cl)cc(F)cc2c1. The third-order valence-corrected chi connectivity index (χ3v) is 2.15. The summed E-state index contributed by atoms with van der Waals surface area (Å²) in [5.74, 6) is -0.438. The lowest BCUT2D eigenvalue weighted by atomic mass is 10.2. The number of rotatable bonds is 1. The summed E-state index contributed by atoms with van der Waals surface area (Å²) in [4.78, 5) is 14.4. The number of hydrogen-bond donors (Lipinski definition) is 0. The van der Waals surface area contributed by atoms with E-state index in [1.165, 1.54) is 18.3 Å². The Hall–Kier alpha value is -1.48. The highest BCUT2D eigenvalue weighted by molar-refractivity contribution is 6.35. The van der Waals surface area contributed by atoms with E-state index in [-0.39, 0.29) is 5.02 Å². The minimum Gasteiger partial charge on any atom is -0.298 e. The van der Waals surface area contributed by atoms with Crippen molar-refractivity contribution in [1.82, 2.24) is 4.98 Å². The predicted octanol–water partition coefficient (Wildman–Crippen LogP) is 2.84. The topological polar surface area (TPSA) is 30.0 Å². The van der Waals surface area contributed by atoms with Gasteiger partial charge < -0.3 is 0 Å². The minimum atomic E-state index is -0.438. The highest BCUT2D eigenvalue weighted by Crippen LogP contribution is 2.23. The van der Waals surface area contributed by atoms with Crippen LogP contribution in [0, 0.1) is 5.82 Å². The zero-order valence-corrected chi connectivity index (χ0v) is 7.75. The summed E-state index contributed by atoms with van der Waals surface area (Å²) in [7, 11) is 0. The zero-order valence-electron chi connectivity index (χ0n) is 7.00. The number of pyridine rings is 1. The van der Waals surface area contributed by atoms with E-state index >= 15 is 0 Å². The van der Waals surface area contributed by atoms with E-state index in [2.05, 4.69) is 4.98 Å². The first-order valence-corrected chi connectivity index (χ1v) is 4.28. The molecule has 0 aliphatic heterocycles. The van der Waals surface area contributed by atoms with Crippen LogP contribution in [0.4, 0.5) is 4.39 Å². The summed E-state index contributed by atoms with van der Waals surface area (Å²) in [6.45, 7) is 0. The maximum atomic E-state index is 12.9. The van der Waals surface area contributed by atoms with Crippen LogP contribution in [0.25, 0.3) is 10.9 Å². The fourth-order valence-electron chi connectivity index (χ4n) is 1.25. The van der Waals surface area contributed by atoms with Crippen molar-refractivity contribution in [3.05, 3.63) is 40.8 Å². The molecule has 0 saturated heterocycles. The van der Waals surface area contributed by atoms with Gasteiger partial charge in [-0.3, -0.25) is 9.78 Å². The van der Waals surface area contributed by atoms with Crippen LogP contribution in [0.1, 0.15) is 10.4 Å². The number of hydrogen-bond acceptors (Lipinski definition) is 2. The Morgan fingerprint density at radius 1 is 1.36 bits per heavy atom. The molecule has 14 heavy (non-hydrogen) atoms. The molecule has 0 spiro atoms. The Bertz CT molecular complexity index is 513. The normalized spacial score (nSPS) is 10.4. The molecule has 0 atom stereocenters. The van der Waals surface area contributed by atoms with Crippen molar-refractivity contribution in [2.75, 3.05) is 0 Å². The van der Waals surface area contributed by atoms with Crippen LogP contribution in [0.3, 0.4) is 0 Å². The van der Waals surface area contributed by atoms with Gasteiger partial charge in [0.05, 0.1) is 10.5 Å². The molecule has 0 bridgehead atoms. The minimum absolute atomic E-state index is 0.248. The van der Waals surface area contributed by atoms with Gasteiger partial charge >= 0.3 is 0 Å². The summed E-state index contributed by atoms with van der Waals surface area (Å²) in [6.07, 6.45) is 2.06. The molecular weight excluding hydrogens is 205 g/mol. The number of carbonyl (C=O) groups is 1. The fourth-order valence-corrected chi connectivity index (χ4v) is 1.51. The van der Waals surface area contributed by atoms with Gasteiger partial charge in [0.15, 0.2) is 6.29 Å². The molecule has 70 valence electrons. The Balaban J connectivity index is 2.81. The number of carbonyl (C=O) groups excluding carboxylic acids is 1. The third kappa shape index (κ3) is 1.46. The van der Waals surface area contributed by atoms with Crippen molar-refractivity contribution in [3.63, 3.8) is 0 Å². The average molecular weight is 210 g/mol. The van der Waals surface area contributed by atoms with Crippen LogP contribution in [0.15, 0.2) is 24.4 Å². The first-order valence-electron chi connectivity index (χ1n) is 3.90. The molecule has 2 nitrogen and oxygen atoms in total. The van der Waals surface area contributed by atoms with Crippen LogP contribution in [0.5, 0.6) is 0 Å². The van der Waals surface area contributed by atoms with E-state index in [9.17, 15) is 9.18 Å². The van der Waals surface area contributed by atoms with Gasteiger partial charge in [-0.25, -0.2) is 4.39 Å². The molecule has 0 amide bonds. The Morgan fingerprint density at radius 2 is 2.14 bits per heavy atom. The molecule has 1 heterocycles. The molecule has 0 unspecified atom stereocenters. The van der Waals surface area contributed by atoms with E-state index in [4.69, 9.17) is 11.6 Å². The van der Waals surface area contributed by atoms with Crippen LogP contribution < -0.4 is 0 Å². The van der Waals surface area contributed by atoms with Crippen LogP contribution in [-0.4, -0.2) is 11.3 Å². The lowest BCUT2D eigenvalue weighted by molar-refractivity contribution is 0.112. The smallest absolute Gasteiger partial charge is 0.151 e. The molecule has 4 heteroatoms. The van der Waals surface area contributed by atoms with Gasteiger partial charge in [-0.2, -0.15) is 0 Å². The molecule has 0 aliphatic rings. The van der Waals surface area contributed by atoms with Crippen molar-refractivity contribution in [2.24, 2.45) is 0 Å². The van der Waals surface area contributed by atoms with Crippen molar-refractivity contribution < 1.29 is 9.18 Å². The van der Waals surface area contributed by atoms with E-state index in [1.54, 1.807) is 6.07 Å². The van der Waals surface area contributed by atoms with E-state index < -0.39 is 5.82 Å². The molecular formula is C10H5ClFNO. The van der Waals surface area contributed by atoms with Crippen molar-refractivity contribution in [3.8, 4) is 0 Å². The molecule has 2 aromatic rings. The molecule has 2 rings (SSSR count). The molecule has 0 saturated carbocycles. The number of aromatic nitrogens is 1. The van der Waals surface area contributed by atoms with Gasteiger partial charge in [0.2, 0.25) is 0 Å². The summed E-state index contributed by atoms with van der Waals surface area (Å²) >= 11 is 5.77. The van der Waals surface area contributed by atoms with Gasteiger partial charge in [0, 0.05) is 17.1 Å². The second kappa shape index (κ2) is 3.35. The van der Waals surface area contributed by atoms with Gasteiger partial charge in [-0.15, -0.1) is 0 Å². The molecule has 1 aromatic heterocycles. The van der Waals surface area contributed by atoms with Crippen molar-refractivity contribution in [1.29, 1.82) is 0 Å². The molecule has 0 fully saturated rings. The third-order valence-electron chi connectivity index (χ3n) is 1.86. The van der Waals surface area contributed by atoms with E-state index in [0.29, 0.717) is 22.8 Å². The number of benzene rings is 1. The quantitative estimate of drug-likeness (QED) is 0.676. The van der Waals surface area contributed by atoms with Gasteiger partial charge in [0.1, 0.15) is 5.82 Å². The second-order valence-electron chi connectivity index (χ2n) is 2.85. The van der Waals surface area contributed by atoms with Gasteiger partial charge in [0.25, 0.3) is 0 Å². The van der Waals surface area contributed by atoms with Crippen molar-refractivity contribution >= 4 is 28.8 Å². The summed E-state index contributed by atoms with van der Waals surface area (Å²) < 4.78 is 12.9. The Morgan fingerprint density at radius 3 is 2.86 bits per heavy atom. The summed E-state index contributed by atoms with van der Waals surface area (Å²) in [6, 6.07) is 4.03. The largest absolute Gasteiger partial charge is 0.298 e.